The number of hydrogen-bond donors (Lipinski definition) is 1. The third kappa shape index (κ3) is 1.46. The summed E-state index contributed by atoms with van der Waals surface area (Å²) < 4.78 is 1.93. The number of aromatic nitrogens is 3. The monoisotopic (exact) mass is 192 g/mol. The zero-order valence-corrected chi connectivity index (χ0v) is 8.32. The van der Waals surface area contributed by atoms with Crippen LogP contribution >= 0.6 is 0 Å². The Labute approximate surface area is 83.8 Å². The molecular formula is C10H16N4. The average Bonchev–Trinajstić information content (AvgIpc) is 2.47. The summed E-state index contributed by atoms with van der Waals surface area (Å²) in [4.78, 5) is 0. The molecule has 1 heterocycles. The van der Waals surface area contributed by atoms with Crippen molar-refractivity contribution in [3.63, 3.8) is 0 Å². The molecule has 0 aliphatic heterocycles. The highest BCUT2D eigenvalue weighted by molar-refractivity contribution is 5.18. The van der Waals surface area contributed by atoms with Crippen molar-refractivity contribution in [2.24, 2.45) is 5.73 Å². The van der Waals surface area contributed by atoms with Gasteiger partial charge in [-0.25, -0.2) is 4.68 Å². The maximum absolute atomic E-state index is 5.64. The zero-order chi connectivity index (χ0) is 9.97. The maximum atomic E-state index is 5.64. The SMILES string of the molecule is C=CCn1nnc(CN)c1C1CCC1. The molecule has 0 radical (unpaired) electrons. The molecule has 76 valence electrons. The quantitative estimate of drug-likeness (QED) is 0.729. The van der Waals surface area contributed by atoms with E-state index >= 15 is 0 Å². The van der Waals surface area contributed by atoms with Gasteiger partial charge in [-0.15, -0.1) is 11.7 Å². The van der Waals surface area contributed by atoms with Crippen LogP contribution in [0.4, 0.5) is 0 Å². The fourth-order valence-electron chi connectivity index (χ4n) is 1.89. The Morgan fingerprint density at radius 1 is 1.57 bits per heavy atom. The normalized spacial score (nSPS) is 16.6. The van der Waals surface area contributed by atoms with Crippen LogP contribution < -0.4 is 5.73 Å². The van der Waals surface area contributed by atoms with E-state index in [1.54, 1.807) is 0 Å². The van der Waals surface area contributed by atoms with E-state index in [2.05, 4.69) is 16.9 Å². The van der Waals surface area contributed by atoms with Crippen LogP contribution in [0.15, 0.2) is 12.7 Å². The van der Waals surface area contributed by atoms with E-state index in [4.69, 9.17) is 5.73 Å². The van der Waals surface area contributed by atoms with Gasteiger partial charge in [0, 0.05) is 12.5 Å². The lowest BCUT2D eigenvalue weighted by Gasteiger charge is -2.26. The molecular weight excluding hydrogens is 176 g/mol. The Kier molecular flexibility index (Phi) is 2.63. The summed E-state index contributed by atoms with van der Waals surface area (Å²) in [6.07, 6.45) is 5.65. The minimum atomic E-state index is 0.489. The van der Waals surface area contributed by atoms with Crippen LogP contribution in [-0.4, -0.2) is 15.0 Å². The van der Waals surface area contributed by atoms with Crippen LogP contribution in [-0.2, 0) is 13.1 Å². The van der Waals surface area contributed by atoms with Gasteiger partial charge >= 0.3 is 0 Å². The predicted octanol–water partition coefficient (Wildman–Crippen LogP) is 1.19. The fourth-order valence-corrected chi connectivity index (χ4v) is 1.89. The van der Waals surface area contributed by atoms with Crippen molar-refractivity contribution in [2.75, 3.05) is 0 Å². The molecule has 0 amide bonds. The highest BCUT2D eigenvalue weighted by atomic mass is 15.4. The molecule has 1 aliphatic carbocycles. The van der Waals surface area contributed by atoms with Crippen molar-refractivity contribution in [3.8, 4) is 0 Å². The van der Waals surface area contributed by atoms with Crippen LogP contribution in [0, 0.1) is 0 Å². The Hall–Kier alpha value is -1.16. The number of allylic oxidation sites excluding steroid dienone is 1. The lowest BCUT2D eigenvalue weighted by Crippen LogP contribution is -2.17. The Morgan fingerprint density at radius 3 is 2.86 bits per heavy atom. The van der Waals surface area contributed by atoms with E-state index < -0.39 is 0 Å². The number of nitrogens with zero attached hydrogens (tertiary/aromatic N) is 3. The molecule has 1 fully saturated rings. The van der Waals surface area contributed by atoms with Crippen LogP contribution in [0.1, 0.15) is 36.6 Å². The second-order valence-electron chi connectivity index (χ2n) is 3.72. The van der Waals surface area contributed by atoms with E-state index in [-0.39, 0.29) is 0 Å². The standard InChI is InChI=1S/C10H16N4/c1-2-6-14-10(8-4-3-5-8)9(7-11)12-13-14/h2,8H,1,3-7,11H2. The Bertz CT molecular complexity index is 325. The van der Waals surface area contributed by atoms with Gasteiger partial charge < -0.3 is 5.73 Å². The van der Waals surface area contributed by atoms with Gasteiger partial charge in [0.15, 0.2) is 0 Å². The predicted molar refractivity (Wildman–Crippen MR) is 54.7 cm³/mol. The van der Waals surface area contributed by atoms with E-state index in [0.717, 1.165) is 12.2 Å². The Morgan fingerprint density at radius 2 is 2.36 bits per heavy atom. The first-order valence-corrected chi connectivity index (χ1v) is 5.10. The number of nitrogens with two attached hydrogens (primary N) is 1. The van der Waals surface area contributed by atoms with Crippen molar-refractivity contribution >= 4 is 0 Å². The van der Waals surface area contributed by atoms with Gasteiger partial charge in [0.05, 0.1) is 17.9 Å². The minimum absolute atomic E-state index is 0.489. The number of hydrogen-bond acceptors (Lipinski definition) is 3. The molecule has 2 rings (SSSR count). The summed E-state index contributed by atoms with van der Waals surface area (Å²) in [5.41, 5.74) is 7.83. The average molecular weight is 192 g/mol. The lowest BCUT2D eigenvalue weighted by molar-refractivity contribution is 0.391. The molecule has 0 saturated heterocycles. The highest BCUT2D eigenvalue weighted by Gasteiger charge is 2.26. The van der Waals surface area contributed by atoms with Crippen LogP contribution in [0.2, 0.25) is 0 Å². The topological polar surface area (TPSA) is 56.7 Å². The molecule has 2 N–H and O–H groups in total. The molecule has 4 nitrogen and oxygen atoms in total. The van der Waals surface area contributed by atoms with Gasteiger partial charge in [0.2, 0.25) is 0 Å². The highest BCUT2D eigenvalue weighted by Crippen LogP contribution is 2.37. The van der Waals surface area contributed by atoms with E-state index in [9.17, 15) is 0 Å². The molecule has 4 heteroatoms. The molecule has 0 spiro atoms. The smallest absolute Gasteiger partial charge is 0.0997 e. The summed E-state index contributed by atoms with van der Waals surface area (Å²) in [5, 5.41) is 8.19. The lowest BCUT2D eigenvalue weighted by atomic mass is 9.82. The van der Waals surface area contributed by atoms with Gasteiger partial charge in [-0.1, -0.05) is 17.7 Å². The van der Waals surface area contributed by atoms with Crippen molar-refractivity contribution in [2.45, 2.75) is 38.3 Å². The summed E-state index contributed by atoms with van der Waals surface area (Å²) in [5.74, 6) is 0.628. The second kappa shape index (κ2) is 3.92. The summed E-state index contributed by atoms with van der Waals surface area (Å²) in [7, 11) is 0. The molecule has 1 aromatic rings. The first-order chi connectivity index (χ1) is 6.86. The molecule has 0 aromatic carbocycles. The van der Waals surface area contributed by atoms with Gasteiger partial charge in [0.1, 0.15) is 0 Å². The molecule has 0 unspecified atom stereocenters. The van der Waals surface area contributed by atoms with Crippen molar-refractivity contribution in [1.82, 2.24) is 15.0 Å². The molecule has 14 heavy (non-hydrogen) atoms. The Balaban J connectivity index is 2.29. The van der Waals surface area contributed by atoms with Crippen LogP contribution in [0.25, 0.3) is 0 Å². The van der Waals surface area contributed by atoms with E-state index in [0.29, 0.717) is 12.5 Å². The summed E-state index contributed by atoms with van der Waals surface area (Å²) >= 11 is 0. The van der Waals surface area contributed by atoms with Crippen LogP contribution in [0.3, 0.4) is 0 Å². The molecule has 1 saturated carbocycles. The van der Waals surface area contributed by atoms with Gasteiger partial charge in [-0.2, -0.15) is 0 Å². The fraction of sp³-hybridized carbons (Fsp3) is 0.600. The number of rotatable bonds is 4. The van der Waals surface area contributed by atoms with Gasteiger partial charge in [0.25, 0.3) is 0 Å². The minimum Gasteiger partial charge on any atom is -0.325 e. The van der Waals surface area contributed by atoms with Gasteiger partial charge in [-0.3, -0.25) is 0 Å². The second-order valence-corrected chi connectivity index (χ2v) is 3.72. The first-order valence-electron chi connectivity index (χ1n) is 5.10. The first kappa shape index (κ1) is 9.40. The van der Waals surface area contributed by atoms with Crippen molar-refractivity contribution in [1.29, 1.82) is 0 Å². The third-order valence-corrected chi connectivity index (χ3v) is 2.83. The van der Waals surface area contributed by atoms with E-state index in [1.807, 2.05) is 10.8 Å². The summed E-state index contributed by atoms with van der Waals surface area (Å²) in [6.45, 7) is 4.94. The van der Waals surface area contributed by atoms with Crippen molar-refractivity contribution < 1.29 is 0 Å². The third-order valence-electron chi connectivity index (χ3n) is 2.83. The largest absolute Gasteiger partial charge is 0.325 e. The maximum Gasteiger partial charge on any atom is 0.0997 e. The molecule has 0 atom stereocenters. The summed E-state index contributed by atoms with van der Waals surface area (Å²) in [6, 6.07) is 0. The van der Waals surface area contributed by atoms with Crippen LogP contribution in [0.5, 0.6) is 0 Å². The van der Waals surface area contributed by atoms with Gasteiger partial charge in [-0.05, 0) is 12.8 Å². The molecule has 0 bridgehead atoms. The molecule has 1 aromatic heterocycles. The van der Waals surface area contributed by atoms with Crippen molar-refractivity contribution in [3.05, 3.63) is 24.0 Å². The van der Waals surface area contributed by atoms with E-state index in [1.165, 1.54) is 25.0 Å². The zero-order valence-electron chi connectivity index (χ0n) is 8.32. The molecule has 1 aliphatic rings.